The van der Waals surface area contributed by atoms with E-state index in [-0.39, 0.29) is 5.75 Å². The van der Waals surface area contributed by atoms with Crippen LogP contribution in [0.25, 0.3) is 0 Å². The first-order valence-corrected chi connectivity index (χ1v) is 9.93. The molecule has 0 N–H and O–H groups in total. The minimum atomic E-state index is -3.40. The minimum absolute atomic E-state index is 0.0403. The fraction of sp³-hybridized carbons (Fsp3) is 0.600. The molecule has 0 amide bonds. The highest BCUT2D eigenvalue weighted by Gasteiger charge is 2.58. The molecule has 1 heterocycles. The first kappa shape index (κ1) is 18.2. The number of hydrogen-bond acceptors (Lipinski definition) is 4. The van der Waals surface area contributed by atoms with Crippen molar-refractivity contribution in [2.24, 2.45) is 0 Å². The van der Waals surface area contributed by atoms with E-state index in [1.165, 1.54) is 0 Å². The maximum absolute atomic E-state index is 12.6. The highest BCUT2D eigenvalue weighted by Crippen LogP contribution is 2.42. The van der Waals surface area contributed by atoms with Crippen LogP contribution in [0, 0.1) is 0 Å². The smallest absolute Gasteiger partial charge is 0.402 e. The van der Waals surface area contributed by atoms with Gasteiger partial charge in [-0.3, -0.25) is 0 Å². The van der Waals surface area contributed by atoms with Gasteiger partial charge in [-0.1, -0.05) is 47.7 Å². The molecule has 0 aliphatic carbocycles. The SMILES string of the molecule is CC(I)(CS(=O)(=O)c1ccccc1)B1OC(C)(C)C(C)(C)O1. The van der Waals surface area contributed by atoms with Crippen LogP contribution in [0.3, 0.4) is 0 Å². The van der Waals surface area contributed by atoms with E-state index in [0.717, 1.165) is 0 Å². The Kier molecular flexibility index (Phi) is 4.77. The molecule has 0 aromatic heterocycles. The van der Waals surface area contributed by atoms with E-state index in [4.69, 9.17) is 9.31 Å². The lowest BCUT2D eigenvalue weighted by molar-refractivity contribution is 0.00578. The van der Waals surface area contributed by atoms with Gasteiger partial charge in [0.1, 0.15) is 0 Å². The lowest BCUT2D eigenvalue weighted by atomic mass is 9.74. The highest BCUT2D eigenvalue weighted by molar-refractivity contribution is 14.1. The van der Waals surface area contributed by atoms with Crippen LogP contribution in [0.4, 0.5) is 0 Å². The Hall–Kier alpha value is -0.115. The van der Waals surface area contributed by atoms with Crippen molar-refractivity contribution >= 4 is 39.5 Å². The molecule has 1 aromatic carbocycles. The van der Waals surface area contributed by atoms with Crippen LogP contribution in [0.1, 0.15) is 34.6 Å². The minimum Gasteiger partial charge on any atom is -0.402 e. The maximum Gasteiger partial charge on any atom is 0.475 e. The molecule has 1 unspecified atom stereocenters. The summed E-state index contributed by atoms with van der Waals surface area (Å²) in [5, 5.41) is 0. The van der Waals surface area contributed by atoms with Crippen molar-refractivity contribution in [3.8, 4) is 0 Å². The molecule has 22 heavy (non-hydrogen) atoms. The van der Waals surface area contributed by atoms with Crippen LogP contribution in [0.15, 0.2) is 35.2 Å². The molecule has 0 saturated carbocycles. The molecule has 1 aliphatic heterocycles. The fourth-order valence-corrected chi connectivity index (χ4v) is 5.34. The van der Waals surface area contributed by atoms with Crippen molar-refractivity contribution < 1.29 is 17.7 Å². The van der Waals surface area contributed by atoms with E-state index in [2.05, 4.69) is 22.6 Å². The fourth-order valence-electron chi connectivity index (χ4n) is 2.24. The molecule has 1 atom stereocenters. The van der Waals surface area contributed by atoms with E-state index in [1.54, 1.807) is 30.3 Å². The Labute approximate surface area is 147 Å². The predicted molar refractivity (Wildman–Crippen MR) is 97.0 cm³/mol. The zero-order chi connectivity index (χ0) is 16.8. The summed E-state index contributed by atoms with van der Waals surface area (Å²) in [6.45, 7) is 9.71. The molecule has 0 bridgehead atoms. The van der Waals surface area contributed by atoms with Crippen LogP contribution >= 0.6 is 22.6 Å². The van der Waals surface area contributed by atoms with E-state index < -0.39 is 31.5 Å². The van der Waals surface area contributed by atoms with Gasteiger partial charge in [0, 0.05) is 0 Å². The average molecular weight is 436 g/mol. The molecule has 122 valence electrons. The molecule has 2 rings (SSSR count). The summed E-state index contributed by atoms with van der Waals surface area (Å²) in [5.41, 5.74) is -0.943. The van der Waals surface area contributed by atoms with Crippen molar-refractivity contribution in [2.75, 3.05) is 5.75 Å². The second-order valence-electron chi connectivity index (χ2n) is 6.94. The number of sulfone groups is 1. The molecule has 1 aromatic rings. The third-order valence-corrected chi connectivity index (χ3v) is 7.70. The van der Waals surface area contributed by atoms with Crippen LogP contribution in [-0.4, -0.2) is 35.8 Å². The number of benzene rings is 1. The van der Waals surface area contributed by atoms with Gasteiger partial charge in [0.2, 0.25) is 0 Å². The van der Waals surface area contributed by atoms with Gasteiger partial charge >= 0.3 is 7.12 Å². The molecule has 0 radical (unpaired) electrons. The molecule has 1 saturated heterocycles. The van der Waals surface area contributed by atoms with E-state index in [0.29, 0.717) is 4.90 Å². The summed E-state index contributed by atoms with van der Waals surface area (Å²) in [4.78, 5) is 0.328. The lowest BCUT2D eigenvalue weighted by Gasteiger charge is -2.32. The van der Waals surface area contributed by atoms with Crippen molar-refractivity contribution in [3.05, 3.63) is 30.3 Å². The zero-order valence-electron chi connectivity index (χ0n) is 13.6. The Bertz CT molecular complexity index is 625. The Morgan fingerprint density at radius 1 is 1.09 bits per heavy atom. The third kappa shape index (κ3) is 3.52. The second kappa shape index (κ2) is 5.75. The normalized spacial score (nSPS) is 23.3. The number of alkyl halides is 1. The first-order chi connectivity index (χ1) is 9.87. The van der Waals surface area contributed by atoms with Gasteiger partial charge in [-0.15, -0.1) is 0 Å². The molecular weight excluding hydrogens is 414 g/mol. The van der Waals surface area contributed by atoms with Gasteiger partial charge in [-0.2, -0.15) is 0 Å². The van der Waals surface area contributed by atoms with Gasteiger partial charge in [0.05, 0.1) is 25.2 Å². The first-order valence-electron chi connectivity index (χ1n) is 7.20. The number of halogens is 1. The van der Waals surface area contributed by atoms with E-state index >= 15 is 0 Å². The Morgan fingerprint density at radius 3 is 2.00 bits per heavy atom. The van der Waals surface area contributed by atoms with Gasteiger partial charge in [-0.05, 0) is 39.8 Å². The molecule has 4 nitrogen and oxygen atoms in total. The summed E-state index contributed by atoms with van der Waals surface area (Å²) in [7, 11) is -3.97. The molecular formula is C15H22BIO4S. The zero-order valence-corrected chi connectivity index (χ0v) is 16.6. The second-order valence-corrected chi connectivity index (χ2v) is 11.4. The van der Waals surface area contributed by atoms with Crippen LogP contribution in [0.5, 0.6) is 0 Å². The van der Waals surface area contributed by atoms with Gasteiger partial charge < -0.3 is 9.31 Å². The largest absolute Gasteiger partial charge is 0.475 e. The molecule has 1 fully saturated rings. The van der Waals surface area contributed by atoms with Crippen molar-refractivity contribution in [2.45, 2.75) is 54.0 Å². The van der Waals surface area contributed by atoms with Crippen LogP contribution < -0.4 is 0 Å². The summed E-state index contributed by atoms with van der Waals surface area (Å²) in [5.74, 6) is -0.0403. The average Bonchev–Trinajstić information content (AvgIpc) is 2.59. The van der Waals surface area contributed by atoms with E-state index in [9.17, 15) is 8.42 Å². The summed E-state index contributed by atoms with van der Waals surface area (Å²) < 4.78 is 36.6. The number of hydrogen-bond donors (Lipinski definition) is 0. The van der Waals surface area contributed by atoms with Gasteiger partial charge in [0.25, 0.3) is 0 Å². The topological polar surface area (TPSA) is 52.6 Å². The van der Waals surface area contributed by atoms with Crippen molar-refractivity contribution in [1.29, 1.82) is 0 Å². The lowest BCUT2D eigenvalue weighted by Crippen LogP contribution is -2.45. The summed E-state index contributed by atoms with van der Waals surface area (Å²) in [6, 6.07) is 8.49. The Balaban J connectivity index is 2.23. The Morgan fingerprint density at radius 2 is 1.55 bits per heavy atom. The van der Waals surface area contributed by atoms with Gasteiger partial charge in [0.15, 0.2) is 9.84 Å². The van der Waals surface area contributed by atoms with Crippen molar-refractivity contribution in [3.63, 3.8) is 0 Å². The van der Waals surface area contributed by atoms with Crippen LogP contribution in [-0.2, 0) is 19.1 Å². The monoisotopic (exact) mass is 436 g/mol. The summed E-state index contributed by atoms with van der Waals surface area (Å²) in [6.07, 6.45) is 0. The van der Waals surface area contributed by atoms with Gasteiger partial charge in [-0.25, -0.2) is 8.42 Å². The van der Waals surface area contributed by atoms with E-state index in [1.807, 2.05) is 34.6 Å². The standard InChI is InChI=1S/C15H22BIO4S/c1-13(2)14(3,4)21-16(20-13)15(5,17)11-22(18,19)12-9-7-6-8-10-12/h6-10H,11H2,1-5H3. The molecule has 7 heteroatoms. The molecule has 0 spiro atoms. The number of rotatable bonds is 4. The predicted octanol–water partition coefficient (Wildman–Crippen LogP) is 3.29. The van der Waals surface area contributed by atoms with Crippen LogP contribution in [0.2, 0.25) is 0 Å². The highest BCUT2D eigenvalue weighted by atomic mass is 127. The quantitative estimate of drug-likeness (QED) is 0.413. The summed E-state index contributed by atoms with van der Waals surface area (Å²) >= 11 is 2.13. The van der Waals surface area contributed by atoms with Crippen molar-refractivity contribution in [1.82, 2.24) is 0 Å². The third-order valence-electron chi connectivity index (χ3n) is 4.32. The maximum atomic E-state index is 12.6. The molecule has 1 aliphatic rings.